The smallest absolute Gasteiger partial charge is 0.330 e. The van der Waals surface area contributed by atoms with E-state index in [0.717, 1.165) is 4.57 Å². The number of aromatic amines is 1. The maximum absolute atomic E-state index is 12.2. The number of esters is 1. The molecule has 11 heteroatoms. The van der Waals surface area contributed by atoms with Crippen molar-refractivity contribution in [3.8, 4) is 0 Å². The van der Waals surface area contributed by atoms with Crippen LogP contribution in [0.4, 0.5) is 0 Å². The third-order valence-corrected chi connectivity index (χ3v) is 10.4. The molecular weight excluding hydrogens is 497 g/mol. The van der Waals surface area contributed by atoms with Crippen molar-refractivity contribution in [2.24, 2.45) is 0 Å². The summed E-state index contributed by atoms with van der Waals surface area (Å²) in [7, 11) is -2.10. The van der Waals surface area contributed by atoms with Crippen LogP contribution in [0.5, 0.6) is 0 Å². The van der Waals surface area contributed by atoms with Gasteiger partial charge in [0.25, 0.3) is 5.56 Å². The van der Waals surface area contributed by atoms with E-state index in [4.69, 9.17) is 19.3 Å². The zero-order valence-electron chi connectivity index (χ0n) is 16.8. The summed E-state index contributed by atoms with van der Waals surface area (Å²) >= 11 is 1.79. The van der Waals surface area contributed by atoms with Crippen LogP contribution in [-0.4, -0.2) is 48.4 Å². The van der Waals surface area contributed by atoms with Crippen LogP contribution in [0, 0.1) is 8.98 Å². The number of halogens is 1. The van der Waals surface area contributed by atoms with Crippen LogP contribution >= 0.6 is 22.6 Å². The van der Waals surface area contributed by atoms with Crippen molar-refractivity contribution >= 4 is 42.6 Å². The van der Waals surface area contributed by atoms with Gasteiger partial charge in [-0.1, -0.05) is 20.8 Å². The Morgan fingerprint density at radius 3 is 2.54 bits per heavy atom. The lowest BCUT2D eigenvalue weighted by Crippen LogP contribution is -2.44. The van der Waals surface area contributed by atoms with Gasteiger partial charge in [-0.25, -0.2) is 4.79 Å². The molecule has 156 valence electrons. The minimum absolute atomic E-state index is 0.0264. The predicted octanol–water partition coefficient (Wildman–Crippen LogP) is 2.01. The van der Waals surface area contributed by atoms with E-state index in [1.54, 1.807) is 22.6 Å². The number of H-pyrrole nitrogens is 1. The second-order valence-electron chi connectivity index (χ2n) is 8.23. The van der Waals surface area contributed by atoms with Crippen LogP contribution in [0.3, 0.4) is 0 Å². The number of ether oxygens (including phenoxy) is 2. The molecule has 2 rings (SSSR count). The third kappa shape index (κ3) is 4.81. The molecule has 0 saturated carbocycles. The van der Waals surface area contributed by atoms with Gasteiger partial charge in [0.15, 0.2) is 20.6 Å². The molecule has 1 fully saturated rings. The van der Waals surface area contributed by atoms with Crippen LogP contribution in [-0.2, 0) is 18.7 Å². The average Bonchev–Trinajstić information content (AvgIpc) is 2.84. The molecule has 0 spiro atoms. The fourth-order valence-corrected chi connectivity index (χ4v) is 3.90. The van der Waals surface area contributed by atoms with Crippen molar-refractivity contribution in [2.45, 2.75) is 64.3 Å². The van der Waals surface area contributed by atoms with E-state index in [9.17, 15) is 14.4 Å². The standard InChI is InChI=1S/C17H26IN3O6Si/c1-9(22)26-13-11(8-25-28(5,6)17(2,3)4)27-15(12(13)19)21-7-10(18)14(23)20-16(21)24/h7,11,13,15,19H,8H2,1-6H3,(H,20,23,24)/t11-,13-,15-/m1/s1. The van der Waals surface area contributed by atoms with Crippen LogP contribution in [0.25, 0.3) is 0 Å². The minimum atomic E-state index is -2.10. The van der Waals surface area contributed by atoms with Crippen molar-refractivity contribution in [3.05, 3.63) is 30.6 Å². The Morgan fingerprint density at radius 2 is 2.00 bits per heavy atom. The molecule has 0 aliphatic carbocycles. The fraction of sp³-hybridized carbons (Fsp3) is 0.647. The average molecular weight is 523 g/mol. The van der Waals surface area contributed by atoms with Gasteiger partial charge >= 0.3 is 11.7 Å². The van der Waals surface area contributed by atoms with Gasteiger partial charge in [-0.3, -0.25) is 19.1 Å². The van der Waals surface area contributed by atoms with Crippen LogP contribution in [0.15, 0.2) is 15.8 Å². The molecule has 1 saturated heterocycles. The Balaban J connectivity index is 2.32. The molecule has 0 amide bonds. The normalized spacial score (nSPS) is 23.1. The summed E-state index contributed by atoms with van der Waals surface area (Å²) < 4.78 is 18.8. The number of nitrogens with zero attached hydrogens (tertiary/aromatic N) is 1. The molecular formula is C17H26IN3O6Si. The van der Waals surface area contributed by atoms with Crippen molar-refractivity contribution in [1.82, 2.24) is 9.55 Å². The molecule has 1 aromatic heterocycles. The second-order valence-corrected chi connectivity index (χ2v) is 14.2. The maximum Gasteiger partial charge on any atom is 0.330 e. The monoisotopic (exact) mass is 523 g/mol. The van der Waals surface area contributed by atoms with Crippen LogP contribution in [0.2, 0.25) is 18.1 Å². The topological polar surface area (TPSA) is 123 Å². The summed E-state index contributed by atoms with van der Waals surface area (Å²) in [6, 6.07) is 0. The van der Waals surface area contributed by atoms with Crippen molar-refractivity contribution in [3.63, 3.8) is 0 Å². The molecule has 1 aliphatic heterocycles. The Morgan fingerprint density at radius 1 is 1.39 bits per heavy atom. The summed E-state index contributed by atoms with van der Waals surface area (Å²) in [6.45, 7) is 11.9. The van der Waals surface area contributed by atoms with E-state index in [0.29, 0.717) is 0 Å². The third-order valence-electron chi connectivity index (χ3n) is 5.10. The summed E-state index contributed by atoms with van der Waals surface area (Å²) in [5.74, 6) is -0.556. The fourth-order valence-electron chi connectivity index (χ4n) is 2.45. The molecule has 0 aromatic carbocycles. The molecule has 9 nitrogen and oxygen atoms in total. The van der Waals surface area contributed by atoms with Gasteiger partial charge in [0.2, 0.25) is 0 Å². The van der Waals surface area contributed by atoms with E-state index in [1.165, 1.54) is 13.1 Å². The van der Waals surface area contributed by atoms with Gasteiger partial charge < -0.3 is 19.3 Å². The number of aromatic nitrogens is 2. The van der Waals surface area contributed by atoms with Gasteiger partial charge in [-0.15, -0.1) is 0 Å². The summed E-state index contributed by atoms with van der Waals surface area (Å²) in [5, 5.41) is 8.38. The molecule has 1 aromatic rings. The Kier molecular flexibility index (Phi) is 6.73. The lowest BCUT2D eigenvalue weighted by atomic mass is 10.1. The van der Waals surface area contributed by atoms with E-state index in [1.807, 2.05) is 0 Å². The van der Waals surface area contributed by atoms with Crippen LogP contribution in [0.1, 0.15) is 33.9 Å². The zero-order chi connectivity index (χ0) is 21.4. The van der Waals surface area contributed by atoms with Crippen LogP contribution < -0.4 is 11.2 Å². The Labute approximate surface area is 177 Å². The van der Waals surface area contributed by atoms with Crippen molar-refractivity contribution in [1.29, 1.82) is 5.41 Å². The van der Waals surface area contributed by atoms with Gasteiger partial charge in [0.1, 0.15) is 11.8 Å². The predicted molar refractivity (Wildman–Crippen MR) is 114 cm³/mol. The maximum atomic E-state index is 12.2. The first kappa shape index (κ1) is 23.0. The minimum Gasteiger partial charge on any atom is -0.453 e. The first-order chi connectivity index (χ1) is 12.7. The van der Waals surface area contributed by atoms with Gasteiger partial charge in [0, 0.05) is 13.1 Å². The molecule has 0 bridgehead atoms. The van der Waals surface area contributed by atoms with Gasteiger partial charge in [-0.2, -0.15) is 0 Å². The highest BCUT2D eigenvalue weighted by Gasteiger charge is 2.46. The summed E-state index contributed by atoms with van der Waals surface area (Å²) in [6.07, 6.45) is -1.46. The number of carbonyl (C=O) groups is 1. The van der Waals surface area contributed by atoms with Crippen molar-refractivity contribution < 1.29 is 18.7 Å². The molecule has 2 heterocycles. The molecule has 28 heavy (non-hydrogen) atoms. The van der Waals surface area contributed by atoms with Gasteiger partial charge in [0.05, 0.1) is 10.2 Å². The number of hydrogen-bond donors (Lipinski definition) is 2. The largest absolute Gasteiger partial charge is 0.453 e. The number of rotatable bonds is 5. The zero-order valence-corrected chi connectivity index (χ0v) is 19.9. The van der Waals surface area contributed by atoms with Gasteiger partial charge in [-0.05, 0) is 40.7 Å². The first-order valence-corrected chi connectivity index (χ1v) is 12.8. The molecule has 0 radical (unpaired) electrons. The van der Waals surface area contributed by atoms with E-state index >= 15 is 0 Å². The Hall–Kier alpha value is -1.31. The number of nitrogens with one attached hydrogen (secondary N) is 2. The van der Waals surface area contributed by atoms with E-state index in [2.05, 4.69) is 38.8 Å². The highest BCUT2D eigenvalue weighted by Crippen LogP contribution is 2.37. The van der Waals surface area contributed by atoms with E-state index in [-0.39, 0.29) is 20.9 Å². The number of hydrogen-bond acceptors (Lipinski definition) is 7. The second kappa shape index (κ2) is 8.20. The molecule has 2 N–H and O–H groups in total. The van der Waals surface area contributed by atoms with Crippen molar-refractivity contribution in [2.75, 3.05) is 6.61 Å². The quantitative estimate of drug-likeness (QED) is 0.346. The molecule has 1 aliphatic rings. The molecule has 0 unspecified atom stereocenters. The Bertz CT molecular complexity index is 888. The summed E-state index contributed by atoms with van der Waals surface area (Å²) in [5.41, 5.74) is -1.29. The SMILES string of the molecule is CC(=O)O[C@H]1C(=N)[C@H](n2cc(I)c(=O)[nH]c2=O)O[C@@H]1CO[Si](C)(C)C(C)(C)C. The summed E-state index contributed by atoms with van der Waals surface area (Å²) in [4.78, 5) is 37.5. The first-order valence-electron chi connectivity index (χ1n) is 8.80. The lowest BCUT2D eigenvalue weighted by Gasteiger charge is -2.37. The lowest BCUT2D eigenvalue weighted by molar-refractivity contribution is -0.148. The number of carbonyl (C=O) groups excluding carboxylic acids is 1. The van der Waals surface area contributed by atoms with E-state index < -0.39 is 44.0 Å². The molecule has 3 atom stereocenters. The highest BCUT2D eigenvalue weighted by molar-refractivity contribution is 14.1. The highest BCUT2D eigenvalue weighted by atomic mass is 127.